The highest BCUT2D eigenvalue weighted by atomic mass is 35.5. The molecule has 2 heterocycles. The van der Waals surface area contributed by atoms with Gasteiger partial charge in [-0.3, -0.25) is 4.79 Å². The first-order chi connectivity index (χ1) is 11.2. The lowest BCUT2D eigenvalue weighted by atomic mass is 10.2. The summed E-state index contributed by atoms with van der Waals surface area (Å²) in [5.74, 6) is 1.65. The first-order valence-corrected chi connectivity index (χ1v) is 8.55. The summed E-state index contributed by atoms with van der Waals surface area (Å²) in [5.41, 5.74) is 1.04. The maximum atomic E-state index is 11.9. The van der Waals surface area contributed by atoms with Crippen LogP contribution >= 0.6 is 22.9 Å². The second-order valence-electron chi connectivity index (χ2n) is 5.11. The highest BCUT2D eigenvalue weighted by molar-refractivity contribution is 7.16. The number of furan rings is 1. The Morgan fingerprint density at radius 2 is 1.91 bits per heavy atom. The van der Waals surface area contributed by atoms with Gasteiger partial charge in [-0.2, -0.15) is 0 Å². The van der Waals surface area contributed by atoms with E-state index in [-0.39, 0.29) is 5.91 Å². The van der Waals surface area contributed by atoms with Crippen molar-refractivity contribution in [2.24, 2.45) is 0 Å². The number of carbonyl (C=O) groups excluding carboxylic acids is 1. The minimum Gasteiger partial charge on any atom is -0.461 e. The fourth-order valence-corrected chi connectivity index (χ4v) is 3.25. The van der Waals surface area contributed by atoms with E-state index >= 15 is 0 Å². The number of halogens is 1. The topological polar surface area (TPSA) is 42.2 Å². The Hall–Kier alpha value is -2.04. The number of benzene rings is 1. The molecule has 0 atom stereocenters. The van der Waals surface area contributed by atoms with Crippen LogP contribution in [-0.2, 0) is 17.8 Å². The molecule has 0 saturated carbocycles. The van der Waals surface area contributed by atoms with Gasteiger partial charge in [-0.05, 0) is 24.3 Å². The largest absolute Gasteiger partial charge is 0.461 e. The standard InChI is InChI=1S/C18H16ClNO2S/c19-17-10-8-15(23-17)12-20-18(21)11-7-14-6-9-16(22-14)13-4-2-1-3-5-13/h1-6,8-10H,7,11-12H2,(H,20,21). The molecule has 0 aliphatic carbocycles. The summed E-state index contributed by atoms with van der Waals surface area (Å²) in [5, 5.41) is 2.89. The number of thiophene rings is 1. The Labute approximate surface area is 143 Å². The van der Waals surface area contributed by atoms with E-state index in [4.69, 9.17) is 16.0 Å². The molecule has 23 heavy (non-hydrogen) atoms. The third kappa shape index (κ3) is 4.47. The zero-order chi connectivity index (χ0) is 16.1. The molecular formula is C18H16ClNO2S. The molecule has 0 unspecified atom stereocenters. The van der Waals surface area contributed by atoms with Gasteiger partial charge in [-0.15, -0.1) is 11.3 Å². The average molecular weight is 346 g/mol. The molecule has 1 amide bonds. The molecule has 1 N–H and O–H groups in total. The molecule has 2 aromatic heterocycles. The molecular weight excluding hydrogens is 330 g/mol. The van der Waals surface area contributed by atoms with Crippen molar-refractivity contribution < 1.29 is 9.21 Å². The molecule has 0 aliphatic rings. The first-order valence-electron chi connectivity index (χ1n) is 7.36. The molecule has 0 radical (unpaired) electrons. The fourth-order valence-electron chi connectivity index (χ4n) is 2.23. The van der Waals surface area contributed by atoms with Crippen LogP contribution < -0.4 is 5.32 Å². The van der Waals surface area contributed by atoms with Gasteiger partial charge in [0, 0.05) is 23.3 Å². The molecule has 0 aliphatic heterocycles. The molecule has 3 aromatic rings. The number of aryl methyl sites for hydroxylation is 1. The SMILES string of the molecule is O=C(CCc1ccc(-c2ccccc2)o1)NCc1ccc(Cl)s1. The number of carbonyl (C=O) groups is 1. The van der Waals surface area contributed by atoms with Gasteiger partial charge in [0.15, 0.2) is 0 Å². The zero-order valence-corrected chi connectivity index (χ0v) is 14.0. The summed E-state index contributed by atoms with van der Waals surface area (Å²) < 4.78 is 6.53. The first kappa shape index (κ1) is 15.8. The zero-order valence-electron chi connectivity index (χ0n) is 12.4. The van der Waals surface area contributed by atoms with Gasteiger partial charge in [-0.1, -0.05) is 41.9 Å². The molecule has 0 fully saturated rings. The third-order valence-corrected chi connectivity index (χ3v) is 4.64. The van der Waals surface area contributed by atoms with Crippen LogP contribution in [0.3, 0.4) is 0 Å². The second-order valence-corrected chi connectivity index (χ2v) is 6.91. The quantitative estimate of drug-likeness (QED) is 0.689. The van der Waals surface area contributed by atoms with E-state index in [0.29, 0.717) is 19.4 Å². The van der Waals surface area contributed by atoms with Crippen LogP contribution in [-0.4, -0.2) is 5.91 Å². The Morgan fingerprint density at radius 1 is 1.09 bits per heavy atom. The van der Waals surface area contributed by atoms with Crippen LogP contribution in [0.5, 0.6) is 0 Å². The fraction of sp³-hybridized carbons (Fsp3) is 0.167. The van der Waals surface area contributed by atoms with Crippen molar-refractivity contribution in [1.82, 2.24) is 5.32 Å². The van der Waals surface area contributed by atoms with E-state index in [1.165, 1.54) is 11.3 Å². The molecule has 1 aromatic carbocycles. The summed E-state index contributed by atoms with van der Waals surface area (Å²) in [6.07, 6.45) is 0.991. The maximum Gasteiger partial charge on any atom is 0.220 e. The van der Waals surface area contributed by atoms with Crippen LogP contribution in [0.25, 0.3) is 11.3 Å². The molecule has 0 spiro atoms. The molecule has 118 valence electrons. The van der Waals surface area contributed by atoms with Gasteiger partial charge in [0.1, 0.15) is 11.5 Å². The average Bonchev–Trinajstić information content (AvgIpc) is 3.21. The van der Waals surface area contributed by atoms with E-state index in [0.717, 1.165) is 26.3 Å². The molecule has 5 heteroatoms. The molecule has 0 bridgehead atoms. The summed E-state index contributed by atoms with van der Waals surface area (Å²) in [7, 11) is 0. The Balaban J connectivity index is 1.48. The van der Waals surface area contributed by atoms with E-state index in [2.05, 4.69) is 5.32 Å². The lowest BCUT2D eigenvalue weighted by Crippen LogP contribution is -2.22. The van der Waals surface area contributed by atoms with Crippen LogP contribution in [0.4, 0.5) is 0 Å². The van der Waals surface area contributed by atoms with Crippen LogP contribution in [0.1, 0.15) is 17.1 Å². The van der Waals surface area contributed by atoms with Crippen molar-refractivity contribution in [3.8, 4) is 11.3 Å². The third-order valence-electron chi connectivity index (χ3n) is 3.41. The lowest BCUT2D eigenvalue weighted by molar-refractivity contribution is -0.121. The van der Waals surface area contributed by atoms with E-state index in [1.807, 2.05) is 54.6 Å². The van der Waals surface area contributed by atoms with E-state index in [9.17, 15) is 4.79 Å². The van der Waals surface area contributed by atoms with Crippen molar-refractivity contribution in [3.05, 3.63) is 69.6 Å². The molecule has 3 rings (SSSR count). The van der Waals surface area contributed by atoms with Gasteiger partial charge in [-0.25, -0.2) is 0 Å². The predicted octanol–water partition coefficient (Wildman–Crippen LogP) is 4.91. The van der Waals surface area contributed by atoms with Crippen molar-refractivity contribution >= 4 is 28.8 Å². The Morgan fingerprint density at radius 3 is 2.65 bits per heavy atom. The number of rotatable bonds is 6. The summed E-state index contributed by atoms with van der Waals surface area (Å²) in [4.78, 5) is 12.9. The number of hydrogen-bond donors (Lipinski definition) is 1. The minimum atomic E-state index is 0.00665. The Bertz CT molecular complexity index is 779. The second kappa shape index (κ2) is 7.49. The van der Waals surface area contributed by atoms with E-state index < -0.39 is 0 Å². The maximum absolute atomic E-state index is 11.9. The normalized spacial score (nSPS) is 10.7. The predicted molar refractivity (Wildman–Crippen MR) is 93.6 cm³/mol. The van der Waals surface area contributed by atoms with E-state index in [1.54, 1.807) is 0 Å². The highest BCUT2D eigenvalue weighted by Gasteiger charge is 2.08. The molecule has 3 nitrogen and oxygen atoms in total. The van der Waals surface area contributed by atoms with Gasteiger partial charge < -0.3 is 9.73 Å². The molecule has 0 saturated heterocycles. The van der Waals surface area contributed by atoms with Crippen LogP contribution in [0.15, 0.2) is 59.0 Å². The summed E-state index contributed by atoms with van der Waals surface area (Å²) in [6, 6.07) is 17.5. The van der Waals surface area contributed by atoms with Crippen molar-refractivity contribution in [3.63, 3.8) is 0 Å². The van der Waals surface area contributed by atoms with Gasteiger partial charge >= 0.3 is 0 Å². The van der Waals surface area contributed by atoms with Gasteiger partial charge in [0.2, 0.25) is 5.91 Å². The van der Waals surface area contributed by atoms with Crippen LogP contribution in [0, 0.1) is 0 Å². The van der Waals surface area contributed by atoms with Crippen molar-refractivity contribution in [2.45, 2.75) is 19.4 Å². The van der Waals surface area contributed by atoms with Crippen LogP contribution in [0.2, 0.25) is 4.34 Å². The Kier molecular flexibility index (Phi) is 5.16. The lowest BCUT2D eigenvalue weighted by Gasteiger charge is -2.02. The highest BCUT2D eigenvalue weighted by Crippen LogP contribution is 2.23. The number of hydrogen-bond acceptors (Lipinski definition) is 3. The number of amides is 1. The monoisotopic (exact) mass is 345 g/mol. The number of nitrogens with one attached hydrogen (secondary N) is 1. The summed E-state index contributed by atoms with van der Waals surface area (Å²) in [6.45, 7) is 0.518. The van der Waals surface area contributed by atoms with Crippen molar-refractivity contribution in [2.75, 3.05) is 0 Å². The smallest absolute Gasteiger partial charge is 0.220 e. The minimum absolute atomic E-state index is 0.00665. The van der Waals surface area contributed by atoms with Gasteiger partial charge in [0.05, 0.1) is 10.9 Å². The summed E-state index contributed by atoms with van der Waals surface area (Å²) >= 11 is 7.34. The van der Waals surface area contributed by atoms with Crippen molar-refractivity contribution in [1.29, 1.82) is 0 Å². The van der Waals surface area contributed by atoms with Gasteiger partial charge in [0.25, 0.3) is 0 Å².